The van der Waals surface area contributed by atoms with E-state index in [1.54, 1.807) is 23.4 Å². The molecule has 2 aromatic carbocycles. The van der Waals surface area contributed by atoms with Gasteiger partial charge in [-0.05, 0) is 70.0 Å². The van der Waals surface area contributed by atoms with Gasteiger partial charge in [0.05, 0.1) is 48.7 Å². The predicted molar refractivity (Wildman–Crippen MR) is 156 cm³/mol. The van der Waals surface area contributed by atoms with E-state index in [1.807, 2.05) is 100.0 Å². The molecule has 0 aliphatic carbocycles. The summed E-state index contributed by atoms with van der Waals surface area (Å²) in [6.07, 6.45) is 3.08. The number of hydrogen-bond acceptors (Lipinski definition) is 6. The molecule has 41 heavy (non-hydrogen) atoms. The highest BCUT2D eigenvalue weighted by molar-refractivity contribution is 5.83. The molecule has 0 bridgehead atoms. The van der Waals surface area contributed by atoms with Crippen molar-refractivity contribution in [1.29, 1.82) is 5.26 Å². The lowest BCUT2D eigenvalue weighted by molar-refractivity contribution is -0.102. The molecule has 0 N–H and O–H groups in total. The van der Waals surface area contributed by atoms with Crippen LogP contribution in [0.15, 0.2) is 79.1 Å². The zero-order chi connectivity index (χ0) is 29.2. The maximum absolute atomic E-state index is 13.7. The Morgan fingerprint density at radius 3 is 2.41 bits per heavy atom. The van der Waals surface area contributed by atoms with Crippen LogP contribution in [0.3, 0.4) is 0 Å². The molecule has 1 unspecified atom stereocenters. The minimum absolute atomic E-state index is 0.278. The van der Waals surface area contributed by atoms with Gasteiger partial charge in [-0.2, -0.15) is 10.4 Å². The summed E-state index contributed by atoms with van der Waals surface area (Å²) in [7, 11) is 0. The highest BCUT2D eigenvalue weighted by Gasteiger charge is 2.44. The number of aromatic nitrogens is 3. The third kappa shape index (κ3) is 6.16. The van der Waals surface area contributed by atoms with Crippen molar-refractivity contribution in [1.82, 2.24) is 19.7 Å². The van der Waals surface area contributed by atoms with Gasteiger partial charge in [0.1, 0.15) is 11.3 Å². The average molecular weight is 550 g/mol. The molecular weight excluding hydrogens is 514 g/mol. The first-order chi connectivity index (χ1) is 19.6. The van der Waals surface area contributed by atoms with Gasteiger partial charge in [0, 0.05) is 23.5 Å². The number of carbonyl (C=O) groups excluding carboxylic acids is 1. The van der Waals surface area contributed by atoms with Crippen LogP contribution in [0, 0.1) is 11.3 Å². The Balaban J connectivity index is 1.60. The molecule has 2 aromatic heterocycles. The first kappa shape index (κ1) is 28.1. The molecule has 1 amide bonds. The fourth-order valence-corrected chi connectivity index (χ4v) is 5.15. The molecule has 8 nitrogen and oxygen atoms in total. The van der Waals surface area contributed by atoms with Crippen LogP contribution < -0.4 is 0 Å². The minimum atomic E-state index is -0.728. The Labute approximate surface area is 241 Å². The van der Waals surface area contributed by atoms with Gasteiger partial charge in [0.2, 0.25) is 0 Å². The summed E-state index contributed by atoms with van der Waals surface area (Å²) < 4.78 is 14.4. The van der Waals surface area contributed by atoms with Gasteiger partial charge in [-0.25, -0.2) is 4.79 Å². The van der Waals surface area contributed by atoms with Gasteiger partial charge in [0.25, 0.3) is 0 Å². The lowest BCUT2D eigenvalue weighted by Gasteiger charge is -2.44. The standard InChI is InChI=1S/C33H35N5O3/c1-32(2,3)41-31(39)37-20-27-29(25-14-16-35-17-15-25)30(26-13-9-12-24(18-26)19-34)36-38(27)21-28(37)33(4,5)40-22-23-10-7-6-8-11-23/h6-18,28H,20-22H2,1-5H3. The van der Waals surface area contributed by atoms with Crippen LogP contribution in [0.1, 0.15) is 51.4 Å². The lowest BCUT2D eigenvalue weighted by Crippen LogP contribution is -2.58. The quantitative estimate of drug-likeness (QED) is 0.269. The molecule has 0 spiro atoms. The van der Waals surface area contributed by atoms with Crippen molar-refractivity contribution in [3.05, 3.63) is 95.9 Å². The number of nitrogens with zero attached hydrogens (tertiary/aromatic N) is 5. The molecule has 0 fully saturated rings. The van der Waals surface area contributed by atoms with Crippen molar-refractivity contribution >= 4 is 6.09 Å². The zero-order valence-electron chi connectivity index (χ0n) is 24.2. The van der Waals surface area contributed by atoms with Crippen molar-refractivity contribution in [3.8, 4) is 28.5 Å². The van der Waals surface area contributed by atoms with E-state index >= 15 is 0 Å². The third-order valence-electron chi connectivity index (χ3n) is 7.22. The average Bonchev–Trinajstić information content (AvgIpc) is 3.34. The topological polar surface area (TPSA) is 93.3 Å². The maximum atomic E-state index is 13.7. The monoisotopic (exact) mass is 549 g/mol. The predicted octanol–water partition coefficient (Wildman–Crippen LogP) is 6.60. The van der Waals surface area contributed by atoms with E-state index in [0.29, 0.717) is 18.7 Å². The van der Waals surface area contributed by atoms with Crippen molar-refractivity contribution < 1.29 is 14.3 Å². The van der Waals surface area contributed by atoms with Crippen molar-refractivity contribution in [3.63, 3.8) is 0 Å². The zero-order valence-corrected chi connectivity index (χ0v) is 24.2. The molecule has 1 aliphatic heterocycles. The second-order valence-corrected chi connectivity index (χ2v) is 11.8. The summed E-state index contributed by atoms with van der Waals surface area (Å²) >= 11 is 0. The van der Waals surface area contributed by atoms with Gasteiger partial charge in [-0.1, -0.05) is 42.5 Å². The van der Waals surface area contributed by atoms with Crippen LogP contribution >= 0.6 is 0 Å². The summed E-state index contributed by atoms with van der Waals surface area (Å²) in [5.74, 6) is 0. The smallest absolute Gasteiger partial charge is 0.411 e. The number of nitriles is 1. The van der Waals surface area contributed by atoms with E-state index < -0.39 is 17.3 Å². The molecule has 1 atom stereocenters. The highest BCUT2D eigenvalue weighted by atomic mass is 16.6. The number of amides is 1. The Morgan fingerprint density at radius 1 is 1.00 bits per heavy atom. The molecule has 0 saturated carbocycles. The van der Waals surface area contributed by atoms with Crippen LogP contribution in [0.5, 0.6) is 0 Å². The number of pyridine rings is 1. The minimum Gasteiger partial charge on any atom is -0.444 e. The van der Waals surface area contributed by atoms with Crippen LogP contribution in [-0.4, -0.2) is 43.0 Å². The van der Waals surface area contributed by atoms with Crippen LogP contribution in [0.4, 0.5) is 4.79 Å². The molecule has 8 heteroatoms. The summed E-state index contributed by atoms with van der Waals surface area (Å²) in [5.41, 5.74) is 4.51. The lowest BCUT2D eigenvalue weighted by atomic mass is 9.93. The Bertz CT molecular complexity index is 1570. The van der Waals surface area contributed by atoms with Gasteiger partial charge < -0.3 is 9.47 Å². The number of ether oxygens (including phenoxy) is 2. The molecule has 5 rings (SSSR count). The molecule has 210 valence electrons. The number of hydrogen-bond donors (Lipinski definition) is 0. The summed E-state index contributed by atoms with van der Waals surface area (Å²) in [6.45, 7) is 10.7. The first-order valence-electron chi connectivity index (χ1n) is 13.7. The largest absolute Gasteiger partial charge is 0.444 e. The number of benzene rings is 2. The maximum Gasteiger partial charge on any atom is 0.411 e. The summed E-state index contributed by atoms with van der Waals surface area (Å²) in [5, 5.41) is 14.6. The van der Waals surface area contributed by atoms with Crippen LogP contribution in [0.25, 0.3) is 22.4 Å². The molecule has 0 radical (unpaired) electrons. The van der Waals surface area contributed by atoms with E-state index in [0.717, 1.165) is 33.6 Å². The fourth-order valence-electron chi connectivity index (χ4n) is 5.15. The third-order valence-corrected chi connectivity index (χ3v) is 7.22. The van der Waals surface area contributed by atoms with Gasteiger partial charge in [-0.3, -0.25) is 14.6 Å². The van der Waals surface area contributed by atoms with E-state index in [4.69, 9.17) is 14.6 Å². The van der Waals surface area contributed by atoms with E-state index in [1.165, 1.54) is 0 Å². The number of carbonyl (C=O) groups is 1. The molecule has 3 heterocycles. The summed E-state index contributed by atoms with van der Waals surface area (Å²) in [4.78, 5) is 19.7. The van der Waals surface area contributed by atoms with Crippen LogP contribution in [0.2, 0.25) is 0 Å². The molecule has 4 aromatic rings. The van der Waals surface area contributed by atoms with Crippen molar-refractivity contribution in [2.24, 2.45) is 0 Å². The first-order valence-corrected chi connectivity index (χ1v) is 13.7. The Morgan fingerprint density at radius 2 is 1.73 bits per heavy atom. The second-order valence-electron chi connectivity index (χ2n) is 11.8. The SMILES string of the molecule is CC(C)(C)OC(=O)N1Cc2c(-c3ccncc3)c(-c3cccc(C#N)c3)nn2CC1C(C)(C)OCc1ccccc1. The Kier molecular flexibility index (Phi) is 7.65. The van der Waals surface area contributed by atoms with Crippen LogP contribution in [-0.2, 0) is 29.2 Å². The van der Waals surface area contributed by atoms with Gasteiger partial charge in [0.15, 0.2) is 0 Å². The van der Waals surface area contributed by atoms with E-state index in [9.17, 15) is 10.1 Å². The van der Waals surface area contributed by atoms with Crippen molar-refractivity contribution in [2.45, 2.75) is 71.6 Å². The van der Waals surface area contributed by atoms with Gasteiger partial charge in [-0.15, -0.1) is 0 Å². The number of rotatable bonds is 6. The van der Waals surface area contributed by atoms with Gasteiger partial charge >= 0.3 is 6.09 Å². The normalized spacial score (nSPS) is 15.2. The molecule has 0 saturated heterocycles. The molecule has 1 aliphatic rings. The Hall–Kier alpha value is -4.48. The van der Waals surface area contributed by atoms with E-state index in [-0.39, 0.29) is 12.6 Å². The summed E-state index contributed by atoms with van der Waals surface area (Å²) in [6, 6.07) is 23.2. The van der Waals surface area contributed by atoms with Crippen molar-refractivity contribution in [2.75, 3.05) is 0 Å². The highest BCUT2D eigenvalue weighted by Crippen LogP contribution is 2.39. The second kappa shape index (κ2) is 11.2. The number of fused-ring (bicyclic) bond motifs is 1. The molecular formula is C33H35N5O3. The van der Waals surface area contributed by atoms with E-state index in [2.05, 4.69) is 11.1 Å². The fraction of sp³-hybridized carbons (Fsp3) is 0.333.